The summed E-state index contributed by atoms with van der Waals surface area (Å²) in [5.41, 5.74) is 0. The molecule has 0 spiro atoms. The lowest BCUT2D eigenvalue weighted by Crippen LogP contribution is -2.50. The van der Waals surface area contributed by atoms with E-state index in [1.807, 2.05) is 0 Å². The fourth-order valence-electron chi connectivity index (χ4n) is 2.23. The van der Waals surface area contributed by atoms with Crippen LogP contribution in [0.4, 0.5) is 0 Å². The summed E-state index contributed by atoms with van der Waals surface area (Å²) in [5, 5.41) is 8.70. The average Bonchev–Trinajstić information content (AvgIpc) is 2.25. The first kappa shape index (κ1) is 15.4. The van der Waals surface area contributed by atoms with Crippen LogP contribution in [0, 0.1) is 0 Å². The average molecular weight is 278 g/mol. The molecule has 0 amide bonds. The van der Waals surface area contributed by atoms with Gasteiger partial charge < -0.3 is 5.11 Å². The van der Waals surface area contributed by atoms with Gasteiger partial charge in [-0.25, -0.2) is 0 Å². The van der Waals surface area contributed by atoms with Crippen LogP contribution in [0.1, 0.15) is 46.0 Å². The van der Waals surface area contributed by atoms with Crippen molar-refractivity contribution in [1.82, 2.24) is 9.03 Å². The van der Waals surface area contributed by atoms with Crippen LogP contribution in [-0.2, 0) is 15.0 Å². The van der Waals surface area contributed by atoms with Gasteiger partial charge in [0.25, 0.3) is 10.2 Å². The van der Waals surface area contributed by atoms with Crippen LogP contribution < -0.4 is 4.72 Å². The lowest BCUT2D eigenvalue weighted by Gasteiger charge is -2.34. The van der Waals surface area contributed by atoms with E-state index in [0.29, 0.717) is 13.0 Å². The van der Waals surface area contributed by atoms with Crippen molar-refractivity contribution in [1.29, 1.82) is 0 Å². The number of hydrogen-bond acceptors (Lipinski definition) is 3. The molecule has 0 aromatic carbocycles. The Hall–Kier alpha value is -0.660. The summed E-state index contributed by atoms with van der Waals surface area (Å²) in [6, 6.07) is -0.344. The molecule has 0 aliphatic carbocycles. The zero-order valence-corrected chi connectivity index (χ0v) is 11.7. The summed E-state index contributed by atoms with van der Waals surface area (Å²) in [6.45, 7) is 4.02. The third kappa shape index (κ3) is 4.55. The molecule has 0 aromatic rings. The summed E-state index contributed by atoms with van der Waals surface area (Å²) >= 11 is 0. The minimum atomic E-state index is -3.49. The molecule has 1 heterocycles. The van der Waals surface area contributed by atoms with Crippen molar-refractivity contribution in [3.05, 3.63) is 0 Å². The van der Waals surface area contributed by atoms with Crippen LogP contribution in [0.25, 0.3) is 0 Å². The summed E-state index contributed by atoms with van der Waals surface area (Å²) in [5.74, 6) is -0.880. The maximum absolute atomic E-state index is 12.1. The van der Waals surface area contributed by atoms with Crippen LogP contribution in [-0.4, -0.2) is 42.4 Å². The molecule has 106 valence electrons. The Bertz CT molecular complexity index is 381. The fourth-order valence-corrected chi connectivity index (χ4v) is 3.94. The predicted molar refractivity (Wildman–Crippen MR) is 68.4 cm³/mol. The van der Waals surface area contributed by atoms with Crippen LogP contribution in [0.5, 0.6) is 0 Å². The van der Waals surface area contributed by atoms with Gasteiger partial charge in [0.1, 0.15) is 0 Å². The number of carboxylic acid groups (broad SMARTS) is 1. The molecule has 1 aliphatic heterocycles. The Kier molecular flexibility index (Phi) is 5.55. The molecule has 7 heteroatoms. The van der Waals surface area contributed by atoms with E-state index in [2.05, 4.69) is 4.72 Å². The standard InChI is InChI=1S/C11H22N2O4S/c1-9(2)12-18(16,17)13-8-4-3-5-10(13)6-7-11(14)15/h9-10,12H,3-8H2,1-2H3,(H,14,15). The largest absolute Gasteiger partial charge is 0.481 e. The highest BCUT2D eigenvalue weighted by Crippen LogP contribution is 2.23. The van der Waals surface area contributed by atoms with Crippen molar-refractivity contribution in [2.75, 3.05) is 6.54 Å². The van der Waals surface area contributed by atoms with E-state index in [9.17, 15) is 13.2 Å². The SMILES string of the molecule is CC(C)NS(=O)(=O)N1CCCCC1CCC(=O)O. The maximum atomic E-state index is 12.1. The van der Waals surface area contributed by atoms with Crippen LogP contribution in [0.15, 0.2) is 0 Å². The smallest absolute Gasteiger partial charge is 0.303 e. The van der Waals surface area contributed by atoms with Crippen molar-refractivity contribution in [3.63, 3.8) is 0 Å². The van der Waals surface area contributed by atoms with Crippen molar-refractivity contribution in [2.45, 2.75) is 58.0 Å². The second kappa shape index (κ2) is 6.49. The molecule has 6 nitrogen and oxygen atoms in total. The lowest BCUT2D eigenvalue weighted by molar-refractivity contribution is -0.137. The lowest BCUT2D eigenvalue weighted by atomic mass is 10.0. The van der Waals surface area contributed by atoms with Crippen molar-refractivity contribution >= 4 is 16.2 Å². The zero-order valence-electron chi connectivity index (χ0n) is 10.9. The van der Waals surface area contributed by atoms with Crippen LogP contribution in [0.2, 0.25) is 0 Å². The minimum Gasteiger partial charge on any atom is -0.481 e. The Morgan fingerprint density at radius 1 is 1.44 bits per heavy atom. The summed E-state index contributed by atoms with van der Waals surface area (Å²) in [4.78, 5) is 10.6. The number of piperidine rings is 1. The third-order valence-corrected chi connectivity index (χ3v) is 4.83. The van der Waals surface area contributed by atoms with Gasteiger partial charge in [0.2, 0.25) is 0 Å². The van der Waals surface area contributed by atoms with Gasteiger partial charge in [0.15, 0.2) is 0 Å². The highest BCUT2D eigenvalue weighted by Gasteiger charge is 2.32. The normalized spacial score (nSPS) is 22.3. The molecule has 0 aromatic heterocycles. The van der Waals surface area contributed by atoms with Gasteiger partial charge in [0, 0.05) is 25.0 Å². The molecule has 1 saturated heterocycles. The van der Waals surface area contributed by atoms with Gasteiger partial charge in [-0.05, 0) is 33.1 Å². The zero-order chi connectivity index (χ0) is 13.8. The first-order valence-electron chi connectivity index (χ1n) is 6.34. The number of carboxylic acids is 1. The first-order valence-corrected chi connectivity index (χ1v) is 7.78. The van der Waals surface area contributed by atoms with E-state index in [1.165, 1.54) is 4.31 Å². The first-order chi connectivity index (χ1) is 8.33. The number of carbonyl (C=O) groups is 1. The van der Waals surface area contributed by atoms with Gasteiger partial charge >= 0.3 is 5.97 Å². The van der Waals surface area contributed by atoms with Gasteiger partial charge in [-0.3, -0.25) is 4.79 Å². The van der Waals surface area contributed by atoms with E-state index >= 15 is 0 Å². The van der Waals surface area contributed by atoms with Gasteiger partial charge in [0.05, 0.1) is 0 Å². The van der Waals surface area contributed by atoms with Gasteiger partial charge in [-0.15, -0.1) is 0 Å². The Morgan fingerprint density at radius 3 is 2.67 bits per heavy atom. The Morgan fingerprint density at radius 2 is 2.11 bits per heavy atom. The summed E-state index contributed by atoms with van der Waals surface area (Å²) < 4.78 is 28.2. The highest BCUT2D eigenvalue weighted by molar-refractivity contribution is 7.87. The molecule has 1 aliphatic rings. The second-order valence-corrected chi connectivity index (χ2v) is 6.63. The number of hydrogen-bond donors (Lipinski definition) is 2. The van der Waals surface area contributed by atoms with Crippen LogP contribution in [0.3, 0.4) is 0 Å². The molecular weight excluding hydrogens is 256 g/mol. The molecular formula is C11H22N2O4S. The van der Waals surface area contributed by atoms with Crippen LogP contribution >= 0.6 is 0 Å². The second-order valence-electron chi connectivity index (χ2n) is 4.97. The van der Waals surface area contributed by atoms with E-state index < -0.39 is 16.2 Å². The molecule has 1 unspecified atom stereocenters. The molecule has 0 bridgehead atoms. The fraction of sp³-hybridized carbons (Fsp3) is 0.909. The Labute approximate surface area is 109 Å². The Balaban J connectivity index is 2.72. The van der Waals surface area contributed by atoms with E-state index in [-0.39, 0.29) is 18.5 Å². The summed E-state index contributed by atoms with van der Waals surface area (Å²) in [7, 11) is -3.49. The minimum absolute atomic E-state index is 0.0123. The van der Waals surface area contributed by atoms with E-state index in [4.69, 9.17) is 5.11 Å². The number of rotatable bonds is 6. The monoisotopic (exact) mass is 278 g/mol. The topological polar surface area (TPSA) is 86.7 Å². The van der Waals surface area contributed by atoms with Crippen molar-refractivity contribution in [2.24, 2.45) is 0 Å². The number of aliphatic carboxylic acids is 1. The highest BCUT2D eigenvalue weighted by atomic mass is 32.2. The number of nitrogens with one attached hydrogen (secondary N) is 1. The van der Waals surface area contributed by atoms with Gasteiger partial charge in [-0.2, -0.15) is 17.4 Å². The molecule has 18 heavy (non-hydrogen) atoms. The number of nitrogens with zero attached hydrogens (tertiary/aromatic N) is 1. The van der Waals surface area contributed by atoms with Gasteiger partial charge in [-0.1, -0.05) is 6.42 Å². The van der Waals surface area contributed by atoms with E-state index in [0.717, 1.165) is 19.3 Å². The molecule has 0 radical (unpaired) electrons. The van der Waals surface area contributed by atoms with E-state index in [1.54, 1.807) is 13.8 Å². The third-order valence-electron chi connectivity index (χ3n) is 2.96. The molecule has 1 fully saturated rings. The molecule has 1 rings (SSSR count). The van der Waals surface area contributed by atoms with Crippen molar-refractivity contribution in [3.8, 4) is 0 Å². The molecule has 2 N–H and O–H groups in total. The molecule has 1 atom stereocenters. The quantitative estimate of drug-likeness (QED) is 0.757. The molecule has 0 saturated carbocycles. The predicted octanol–water partition coefficient (Wildman–Crippen LogP) is 0.948. The maximum Gasteiger partial charge on any atom is 0.303 e. The summed E-state index contributed by atoms with van der Waals surface area (Å²) in [6.07, 6.45) is 2.93. The van der Waals surface area contributed by atoms with Crippen molar-refractivity contribution < 1.29 is 18.3 Å².